The van der Waals surface area contributed by atoms with Crippen molar-refractivity contribution in [1.82, 2.24) is 4.98 Å². The predicted octanol–water partition coefficient (Wildman–Crippen LogP) is 4.66. The third-order valence-corrected chi connectivity index (χ3v) is 5.15. The van der Waals surface area contributed by atoms with Crippen molar-refractivity contribution in [3.05, 3.63) is 58.8 Å². The molecule has 4 rings (SSSR count). The molecular formula is C18H18N2OS. The SMILES string of the molecule is Cc1oc(-c2cccs2)nc1CN1c2ccccc2C[C@@H]1C. The van der Waals surface area contributed by atoms with Crippen LogP contribution in [-0.2, 0) is 13.0 Å². The highest BCUT2D eigenvalue weighted by molar-refractivity contribution is 7.13. The summed E-state index contributed by atoms with van der Waals surface area (Å²) in [6.45, 7) is 5.08. The normalized spacial score (nSPS) is 17.0. The molecule has 0 saturated carbocycles. The van der Waals surface area contributed by atoms with Crippen molar-refractivity contribution >= 4 is 17.0 Å². The molecule has 0 N–H and O–H groups in total. The van der Waals surface area contributed by atoms with Crippen molar-refractivity contribution < 1.29 is 4.42 Å². The van der Waals surface area contributed by atoms with Crippen LogP contribution in [-0.4, -0.2) is 11.0 Å². The Morgan fingerprint density at radius 1 is 1.27 bits per heavy atom. The van der Waals surface area contributed by atoms with Crippen LogP contribution in [0.1, 0.15) is 23.9 Å². The van der Waals surface area contributed by atoms with E-state index >= 15 is 0 Å². The number of aryl methyl sites for hydroxylation is 1. The maximum absolute atomic E-state index is 5.87. The minimum absolute atomic E-state index is 0.499. The summed E-state index contributed by atoms with van der Waals surface area (Å²) in [7, 11) is 0. The van der Waals surface area contributed by atoms with E-state index in [1.165, 1.54) is 11.3 Å². The first kappa shape index (κ1) is 13.6. The lowest BCUT2D eigenvalue weighted by Gasteiger charge is -2.23. The zero-order valence-corrected chi connectivity index (χ0v) is 13.6. The van der Waals surface area contributed by atoms with Crippen LogP contribution < -0.4 is 4.90 Å². The topological polar surface area (TPSA) is 29.3 Å². The Balaban J connectivity index is 1.64. The van der Waals surface area contributed by atoms with E-state index in [2.05, 4.69) is 36.1 Å². The van der Waals surface area contributed by atoms with Gasteiger partial charge in [0.25, 0.3) is 0 Å². The van der Waals surface area contributed by atoms with Gasteiger partial charge in [-0.05, 0) is 43.3 Å². The summed E-state index contributed by atoms with van der Waals surface area (Å²) in [5, 5.41) is 2.05. The molecule has 1 aromatic carbocycles. The van der Waals surface area contributed by atoms with E-state index in [1.807, 2.05) is 24.4 Å². The van der Waals surface area contributed by atoms with Gasteiger partial charge >= 0.3 is 0 Å². The van der Waals surface area contributed by atoms with Gasteiger partial charge in [-0.3, -0.25) is 0 Å². The van der Waals surface area contributed by atoms with Gasteiger partial charge in [-0.2, -0.15) is 0 Å². The van der Waals surface area contributed by atoms with Crippen LogP contribution in [0.15, 0.2) is 46.2 Å². The average molecular weight is 310 g/mol. The summed E-state index contributed by atoms with van der Waals surface area (Å²) < 4.78 is 5.87. The lowest BCUT2D eigenvalue weighted by molar-refractivity contribution is 0.539. The van der Waals surface area contributed by atoms with E-state index in [-0.39, 0.29) is 0 Å². The van der Waals surface area contributed by atoms with E-state index in [1.54, 1.807) is 11.3 Å². The Hall–Kier alpha value is -2.07. The number of nitrogens with zero attached hydrogens (tertiary/aromatic N) is 2. The van der Waals surface area contributed by atoms with Crippen LogP contribution >= 0.6 is 11.3 Å². The van der Waals surface area contributed by atoms with Crippen LogP contribution in [0.5, 0.6) is 0 Å². The van der Waals surface area contributed by atoms with E-state index in [9.17, 15) is 0 Å². The summed E-state index contributed by atoms with van der Waals surface area (Å²) in [5.41, 5.74) is 3.79. The van der Waals surface area contributed by atoms with Crippen LogP contribution in [0.25, 0.3) is 10.8 Å². The van der Waals surface area contributed by atoms with E-state index in [4.69, 9.17) is 9.40 Å². The second-order valence-electron chi connectivity index (χ2n) is 5.81. The zero-order valence-electron chi connectivity index (χ0n) is 12.7. The van der Waals surface area contributed by atoms with E-state index < -0.39 is 0 Å². The Labute approximate surface area is 134 Å². The lowest BCUT2D eigenvalue weighted by atomic mass is 10.1. The maximum atomic E-state index is 5.87. The maximum Gasteiger partial charge on any atom is 0.236 e. The second kappa shape index (κ2) is 5.29. The molecule has 3 aromatic rings. The second-order valence-corrected chi connectivity index (χ2v) is 6.76. The summed E-state index contributed by atoms with van der Waals surface area (Å²) in [5.74, 6) is 1.66. The quantitative estimate of drug-likeness (QED) is 0.704. The molecule has 0 unspecified atom stereocenters. The number of rotatable bonds is 3. The molecule has 1 atom stereocenters. The van der Waals surface area contributed by atoms with Gasteiger partial charge in [0.2, 0.25) is 5.89 Å². The molecule has 0 spiro atoms. The first-order valence-corrected chi connectivity index (χ1v) is 8.45. The fourth-order valence-corrected chi connectivity index (χ4v) is 3.76. The van der Waals surface area contributed by atoms with Crippen molar-refractivity contribution in [3.63, 3.8) is 0 Å². The third kappa shape index (κ3) is 2.24. The fraction of sp³-hybridized carbons (Fsp3) is 0.278. The number of anilines is 1. The fourth-order valence-electron chi connectivity index (χ4n) is 3.11. The molecule has 1 aliphatic heterocycles. The zero-order chi connectivity index (χ0) is 15.1. The van der Waals surface area contributed by atoms with E-state index in [0.29, 0.717) is 6.04 Å². The first-order chi connectivity index (χ1) is 10.7. The molecule has 0 radical (unpaired) electrons. The monoisotopic (exact) mass is 310 g/mol. The van der Waals surface area contributed by atoms with Crippen molar-refractivity contribution in [2.24, 2.45) is 0 Å². The molecule has 0 fully saturated rings. The molecule has 0 amide bonds. The van der Waals surface area contributed by atoms with Crippen LogP contribution in [0.4, 0.5) is 5.69 Å². The van der Waals surface area contributed by atoms with Gasteiger partial charge in [-0.1, -0.05) is 24.3 Å². The van der Waals surface area contributed by atoms with Gasteiger partial charge in [0.1, 0.15) is 11.5 Å². The van der Waals surface area contributed by atoms with E-state index in [0.717, 1.165) is 35.2 Å². The Morgan fingerprint density at radius 3 is 2.95 bits per heavy atom. The number of fused-ring (bicyclic) bond motifs is 1. The van der Waals surface area contributed by atoms with Crippen LogP contribution in [0.3, 0.4) is 0 Å². The third-order valence-electron chi connectivity index (χ3n) is 4.29. The first-order valence-electron chi connectivity index (χ1n) is 7.57. The number of hydrogen-bond acceptors (Lipinski definition) is 4. The number of benzene rings is 1. The molecule has 1 aliphatic rings. The largest absolute Gasteiger partial charge is 0.440 e. The van der Waals surface area contributed by atoms with Crippen molar-refractivity contribution in [1.29, 1.82) is 0 Å². The minimum atomic E-state index is 0.499. The Kier molecular flexibility index (Phi) is 3.26. The lowest BCUT2D eigenvalue weighted by Crippen LogP contribution is -2.29. The average Bonchev–Trinajstić information content (AvgIpc) is 3.21. The summed E-state index contributed by atoms with van der Waals surface area (Å²) in [4.78, 5) is 8.24. The summed E-state index contributed by atoms with van der Waals surface area (Å²) >= 11 is 1.66. The summed E-state index contributed by atoms with van der Waals surface area (Å²) in [6, 6.07) is 13.2. The Bertz CT molecular complexity index is 791. The smallest absolute Gasteiger partial charge is 0.236 e. The van der Waals surface area contributed by atoms with Crippen molar-refractivity contribution in [2.45, 2.75) is 32.9 Å². The molecular weight excluding hydrogens is 292 g/mol. The molecule has 112 valence electrons. The highest BCUT2D eigenvalue weighted by Gasteiger charge is 2.27. The number of aromatic nitrogens is 1. The molecule has 3 heterocycles. The number of hydrogen-bond donors (Lipinski definition) is 0. The molecule has 0 saturated heterocycles. The van der Waals surface area contributed by atoms with Gasteiger partial charge in [-0.25, -0.2) is 4.98 Å². The number of oxazole rings is 1. The van der Waals surface area contributed by atoms with Gasteiger partial charge in [0.05, 0.1) is 11.4 Å². The standard InChI is InChI=1S/C18H18N2OS/c1-12-10-14-6-3-4-7-16(14)20(12)11-15-13(2)21-18(19-15)17-8-5-9-22-17/h3-9,12H,10-11H2,1-2H3/t12-/m0/s1. The highest BCUT2D eigenvalue weighted by Crippen LogP contribution is 2.34. The molecule has 4 heteroatoms. The van der Waals surface area contributed by atoms with Gasteiger partial charge in [0, 0.05) is 11.7 Å². The Morgan fingerprint density at radius 2 is 2.14 bits per heavy atom. The van der Waals surface area contributed by atoms with Crippen molar-refractivity contribution in [2.75, 3.05) is 4.90 Å². The highest BCUT2D eigenvalue weighted by atomic mass is 32.1. The predicted molar refractivity (Wildman–Crippen MR) is 90.3 cm³/mol. The molecule has 2 aromatic heterocycles. The van der Waals surface area contributed by atoms with Crippen LogP contribution in [0, 0.1) is 6.92 Å². The van der Waals surface area contributed by atoms with Gasteiger partial charge in [-0.15, -0.1) is 11.3 Å². The van der Waals surface area contributed by atoms with Crippen LogP contribution in [0.2, 0.25) is 0 Å². The van der Waals surface area contributed by atoms with Gasteiger partial charge < -0.3 is 9.32 Å². The molecule has 0 bridgehead atoms. The number of thiophene rings is 1. The number of para-hydroxylation sites is 1. The minimum Gasteiger partial charge on any atom is -0.440 e. The van der Waals surface area contributed by atoms with Gasteiger partial charge in [0.15, 0.2) is 0 Å². The molecule has 3 nitrogen and oxygen atoms in total. The van der Waals surface area contributed by atoms with Crippen molar-refractivity contribution in [3.8, 4) is 10.8 Å². The molecule has 22 heavy (non-hydrogen) atoms. The summed E-state index contributed by atoms with van der Waals surface area (Å²) in [6.07, 6.45) is 1.10. The molecule has 0 aliphatic carbocycles.